The molecule has 4 unspecified atom stereocenters. The number of hydrogen-bond acceptors (Lipinski definition) is 2. The molecule has 0 radical (unpaired) electrons. The number of thioether (sulfide) groups is 1. The molecule has 1 saturated heterocycles. The average molecular weight is 295 g/mol. The zero-order chi connectivity index (χ0) is 14.0. The van der Waals surface area contributed by atoms with Crippen LogP contribution in [0.5, 0.6) is 0 Å². The average Bonchev–Trinajstić information content (AvgIpc) is 2.80. The molecular formula is C17H30N2S. The van der Waals surface area contributed by atoms with Crippen LogP contribution in [0, 0.1) is 17.8 Å². The second-order valence-corrected chi connectivity index (χ2v) is 8.53. The summed E-state index contributed by atoms with van der Waals surface area (Å²) < 4.78 is 0. The molecule has 1 heterocycles. The second kappa shape index (κ2) is 6.29. The Bertz CT molecular complexity index is 368. The first-order valence-electron chi connectivity index (χ1n) is 8.62. The summed E-state index contributed by atoms with van der Waals surface area (Å²) in [5.74, 6) is 3.84. The van der Waals surface area contributed by atoms with Crippen LogP contribution in [0.15, 0.2) is 4.99 Å². The summed E-state index contributed by atoms with van der Waals surface area (Å²) in [6.07, 6.45) is 11.2. The highest BCUT2D eigenvalue weighted by Gasteiger charge is 2.40. The van der Waals surface area contributed by atoms with E-state index in [0.29, 0.717) is 5.54 Å². The Kier molecular flexibility index (Phi) is 4.64. The van der Waals surface area contributed by atoms with E-state index in [9.17, 15) is 0 Å². The summed E-state index contributed by atoms with van der Waals surface area (Å²) in [5.41, 5.74) is 0.388. The van der Waals surface area contributed by atoms with Crippen LogP contribution in [0.4, 0.5) is 0 Å². The lowest BCUT2D eigenvalue weighted by molar-refractivity contribution is 0.241. The van der Waals surface area contributed by atoms with E-state index in [2.05, 4.69) is 19.2 Å². The van der Waals surface area contributed by atoms with Gasteiger partial charge in [0.15, 0.2) is 5.17 Å². The van der Waals surface area contributed by atoms with Gasteiger partial charge in [0.05, 0.1) is 0 Å². The predicted octanol–water partition coefficient (Wildman–Crippen LogP) is 4.45. The molecule has 1 spiro atoms. The largest absolute Gasteiger partial charge is 0.359 e. The van der Waals surface area contributed by atoms with Crippen LogP contribution >= 0.6 is 11.8 Å². The van der Waals surface area contributed by atoms with E-state index in [4.69, 9.17) is 4.99 Å². The molecular weight excluding hydrogens is 264 g/mol. The molecule has 0 bridgehead atoms. The lowest BCUT2D eigenvalue weighted by atomic mass is 9.78. The Hall–Kier alpha value is -0.180. The Labute approximate surface area is 128 Å². The molecule has 0 aromatic carbocycles. The number of hydrogen-bond donors (Lipinski definition) is 1. The minimum atomic E-state index is 0.388. The molecule has 114 valence electrons. The van der Waals surface area contributed by atoms with Crippen LogP contribution in [0.3, 0.4) is 0 Å². The summed E-state index contributed by atoms with van der Waals surface area (Å²) in [5, 5.41) is 5.05. The van der Waals surface area contributed by atoms with E-state index >= 15 is 0 Å². The van der Waals surface area contributed by atoms with Gasteiger partial charge in [-0.2, -0.15) is 0 Å². The van der Waals surface area contributed by atoms with Gasteiger partial charge in [0.25, 0.3) is 0 Å². The van der Waals surface area contributed by atoms with Gasteiger partial charge in [0.2, 0.25) is 0 Å². The molecule has 0 aromatic rings. The van der Waals surface area contributed by atoms with Crippen molar-refractivity contribution < 1.29 is 0 Å². The zero-order valence-electron chi connectivity index (χ0n) is 13.2. The third-order valence-corrected chi connectivity index (χ3v) is 6.91. The molecule has 2 nitrogen and oxygen atoms in total. The van der Waals surface area contributed by atoms with Crippen LogP contribution in [-0.4, -0.2) is 23.0 Å². The Morgan fingerprint density at radius 1 is 1.20 bits per heavy atom. The smallest absolute Gasteiger partial charge is 0.157 e. The van der Waals surface area contributed by atoms with Gasteiger partial charge in [-0.15, -0.1) is 0 Å². The van der Waals surface area contributed by atoms with Crippen LogP contribution in [0.1, 0.15) is 65.2 Å². The van der Waals surface area contributed by atoms with E-state index in [1.54, 1.807) is 0 Å². The standard InChI is InChI=1S/C17H30N2S/c1-13-6-5-9-17(10-13)12-20-16(19-17)18-11-15-8-4-3-7-14(15)2/h13-15H,3-12H2,1-2H3,(H,18,19). The first-order chi connectivity index (χ1) is 9.67. The van der Waals surface area contributed by atoms with Crippen molar-refractivity contribution in [2.24, 2.45) is 22.7 Å². The van der Waals surface area contributed by atoms with Crippen molar-refractivity contribution in [2.45, 2.75) is 70.8 Å². The maximum absolute atomic E-state index is 4.94. The second-order valence-electron chi connectivity index (χ2n) is 7.56. The molecule has 2 aliphatic carbocycles. The number of nitrogens with zero attached hydrogens (tertiary/aromatic N) is 1. The third-order valence-electron chi connectivity index (χ3n) is 5.71. The van der Waals surface area contributed by atoms with Gasteiger partial charge in [-0.25, -0.2) is 0 Å². The minimum absolute atomic E-state index is 0.388. The van der Waals surface area contributed by atoms with Crippen molar-refractivity contribution in [1.82, 2.24) is 5.32 Å². The Morgan fingerprint density at radius 2 is 2.05 bits per heavy atom. The van der Waals surface area contributed by atoms with Crippen LogP contribution in [-0.2, 0) is 0 Å². The highest BCUT2D eigenvalue weighted by Crippen LogP contribution is 2.39. The lowest BCUT2D eigenvalue weighted by Gasteiger charge is -2.36. The SMILES string of the molecule is CC1CCCC2(CSC(=NCC3CCCCC3C)N2)C1. The molecule has 1 N–H and O–H groups in total. The van der Waals surface area contributed by atoms with Gasteiger partial charge in [-0.3, -0.25) is 4.99 Å². The van der Waals surface area contributed by atoms with Crippen LogP contribution in [0.2, 0.25) is 0 Å². The molecule has 1 aliphatic heterocycles. The molecule has 3 fully saturated rings. The van der Waals surface area contributed by atoms with E-state index in [1.807, 2.05) is 11.8 Å². The van der Waals surface area contributed by atoms with Crippen molar-refractivity contribution >= 4 is 16.9 Å². The van der Waals surface area contributed by atoms with Crippen molar-refractivity contribution in [3.8, 4) is 0 Å². The van der Waals surface area contributed by atoms with Gasteiger partial charge in [0.1, 0.15) is 0 Å². The molecule has 2 saturated carbocycles. The fourth-order valence-corrected chi connectivity index (χ4v) is 5.56. The fourth-order valence-electron chi connectivity index (χ4n) is 4.36. The molecule has 4 atom stereocenters. The first-order valence-corrected chi connectivity index (χ1v) is 9.61. The summed E-state index contributed by atoms with van der Waals surface area (Å²) in [6, 6.07) is 0. The van der Waals surface area contributed by atoms with Gasteiger partial charge >= 0.3 is 0 Å². The van der Waals surface area contributed by atoms with E-state index in [0.717, 1.165) is 24.3 Å². The van der Waals surface area contributed by atoms with E-state index in [-0.39, 0.29) is 0 Å². The zero-order valence-corrected chi connectivity index (χ0v) is 14.0. The highest BCUT2D eigenvalue weighted by atomic mass is 32.2. The Morgan fingerprint density at radius 3 is 2.85 bits per heavy atom. The molecule has 20 heavy (non-hydrogen) atoms. The predicted molar refractivity (Wildman–Crippen MR) is 89.4 cm³/mol. The number of amidine groups is 1. The summed E-state index contributed by atoms with van der Waals surface area (Å²) in [4.78, 5) is 4.94. The Balaban J connectivity index is 1.55. The van der Waals surface area contributed by atoms with Gasteiger partial charge in [-0.1, -0.05) is 57.7 Å². The van der Waals surface area contributed by atoms with Crippen molar-refractivity contribution in [3.05, 3.63) is 0 Å². The van der Waals surface area contributed by atoms with Crippen LogP contribution in [0.25, 0.3) is 0 Å². The molecule has 3 aliphatic rings. The van der Waals surface area contributed by atoms with Crippen LogP contribution < -0.4 is 5.32 Å². The van der Waals surface area contributed by atoms with Crippen molar-refractivity contribution in [2.75, 3.05) is 12.3 Å². The fraction of sp³-hybridized carbons (Fsp3) is 0.941. The molecule has 3 rings (SSSR count). The quantitative estimate of drug-likeness (QED) is 0.813. The van der Waals surface area contributed by atoms with Crippen molar-refractivity contribution in [3.63, 3.8) is 0 Å². The lowest BCUT2D eigenvalue weighted by Crippen LogP contribution is -2.47. The summed E-state index contributed by atoms with van der Waals surface area (Å²) in [7, 11) is 0. The van der Waals surface area contributed by atoms with E-state index < -0.39 is 0 Å². The molecule has 0 aromatic heterocycles. The molecule has 3 heteroatoms. The maximum atomic E-state index is 4.94. The third kappa shape index (κ3) is 3.35. The highest BCUT2D eigenvalue weighted by molar-refractivity contribution is 8.14. The molecule has 0 amide bonds. The number of nitrogens with one attached hydrogen (secondary N) is 1. The number of rotatable bonds is 2. The monoisotopic (exact) mass is 294 g/mol. The first kappa shape index (κ1) is 14.7. The van der Waals surface area contributed by atoms with E-state index in [1.165, 1.54) is 62.3 Å². The summed E-state index contributed by atoms with van der Waals surface area (Å²) >= 11 is 1.98. The van der Waals surface area contributed by atoms with Crippen molar-refractivity contribution in [1.29, 1.82) is 0 Å². The van der Waals surface area contributed by atoms with Gasteiger partial charge < -0.3 is 5.32 Å². The maximum Gasteiger partial charge on any atom is 0.157 e. The van der Waals surface area contributed by atoms with Gasteiger partial charge in [-0.05, 0) is 37.0 Å². The summed E-state index contributed by atoms with van der Waals surface area (Å²) in [6.45, 7) is 5.89. The normalized spacial score (nSPS) is 43.9. The number of aliphatic imine (C=N–C) groups is 1. The topological polar surface area (TPSA) is 24.4 Å². The minimum Gasteiger partial charge on any atom is -0.359 e. The van der Waals surface area contributed by atoms with Gasteiger partial charge in [0, 0.05) is 17.8 Å².